The molecule has 1 unspecified atom stereocenters. The first-order valence-electron chi connectivity index (χ1n) is 8.51. The lowest BCUT2D eigenvalue weighted by molar-refractivity contribution is -0.121. The first-order chi connectivity index (χ1) is 12.0. The molecular weight excluding hydrogens is 350 g/mol. The summed E-state index contributed by atoms with van der Waals surface area (Å²) in [5.74, 6) is -0.320. The number of hydrogen-bond acceptors (Lipinski definition) is 3. The van der Waals surface area contributed by atoms with Gasteiger partial charge in [0, 0.05) is 23.5 Å². The van der Waals surface area contributed by atoms with E-state index >= 15 is 0 Å². The van der Waals surface area contributed by atoms with Crippen LogP contribution < -0.4 is 16.0 Å². The van der Waals surface area contributed by atoms with Crippen molar-refractivity contribution in [2.75, 3.05) is 17.2 Å². The van der Waals surface area contributed by atoms with E-state index in [1.165, 1.54) is 0 Å². The molecule has 2 amide bonds. The fourth-order valence-corrected chi connectivity index (χ4v) is 3.11. The lowest BCUT2D eigenvalue weighted by atomic mass is 10.0. The second-order valence-electron chi connectivity index (χ2n) is 6.57. The van der Waals surface area contributed by atoms with Crippen molar-refractivity contribution >= 4 is 35.6 Å². The van der Waals surface area contributed by atoms with Crippen LogP contribution in [0.3, 0.4) is 0 Å². The number of aryl methyl sites for hydroxylation is 2. The number of piperidine rings is 1. The Hall–Kier alpha value is -2.53. The number of carbonyl (C=O) groups excluding carboxylic acids is 2. The van der Waals surface area contributed by atoms with Gasteiger partial charge >= 0.3 is 0 Å². The van der Waals surface area contributed by atoms with Crippen LogP contribution in [-0.2, 0) is 4.79 Å². The standard InChI is InChI=1S/C20H23N3O2.ClH/c1-13-5-9-16(10-6-13)23-11-3-4-18(20(23)25)22-19(24)17-12-15(21)8-7-14(17)2;/h5-10,12,18H,3-4,11,21H2,1-2H3,(H,22,24);1H. The fraction of sp³-hybridized carbons (Fsp3) is 0.300. The number of nitrogen functional groups attached to an aromatic ring is 1. The molecule has 1 atom stereocenters. The van der Waals surface area contributed by atoms with Crippen LogP contribution in [0.4, 0.5) is 11.4 Å². The zero-order valence-electron chi connectivity index (χ0n) is 15.0. The molecule has 0 bridgehead atoms. The Balaban J connectivity index is 0.00000243. The van der Waals surface area contributed by atoms with Crippen LogP contribution in [0.15, 0.2) is 42.5 Å². The van der Waals surface area contributed by atoms with Gasteiger partial charge < -0.3 is 16.0 Å². The van der Waals surface area contributed by atoms with Crippen molar-refractivity contribution in [3.05, 3.63) is 59.2 Å². The van der Waals surface area contributed by atoms with Crippen LogP contribution in [0.5, 0.6) is 0 Å². The van der Waals surface area contributed by atoms with E-state index in [9.17, 15) is 9.59 Å². The molecular formula is C20H24ClN3O2. The second kappa shape index (κ2) is 8.23. The number of amides is 2. The zero-order chi connectivity index (χ0) is 18.0. The largest absolute Gasteiger partial charge is 0.399 e. The number of anilines is 2. The molecule has 3 rings (SSSR count). The number of carbonyl (C=O) groups is 2. The topological polar surface area (TPSA) is 75.4 Å². The van der Waals surface area contributed by atoms with Gasteiger partial charge in [-0.05, 0) is 56.5 Å². The molecule has 1 fully saturated rings. The van der Waals surface area contributed by atoms with E-state index < -0.39 is 6.04 Å². The third-order valence-electron chi connectivity index (χ3n) is 4.60. The molecule has 0 aliphatic carbocycles. The highest BCUT2D eigenvalue weighted by Gasteiger charge is 2.31. The van der Waals surface area contributed by atoms with Gasteiger partial charge in [-0.25, -0.2) is 0 Å². The first-order valence-corrected chi connectivity index (χ1v) is 8.51. The van der Waals surface area contributed by atoms with E-state index in [4.69, 9.17) is 5.73 Å². The zero-order valence-corrected chi connectivity index (χ0v) is 15.8. The highest BCUT2D eigenvalue weighted by atomic mass is 35.5. The summed E-state index contributed by atoms with van der Waals surface area (Å²) in [6.45, 7) is 4.54. The maximum Gasteiger partial charge on any atom is 0.252 e. The predicted molar refractivity (Wildman–Crippen MR) is 107 cm³/mol. The fourth-order valence-electron chi connectivity index (χ4n) is 3.11. The number of benzene rings is 2. The Kier molecular flexibility index (Phi) is 6.27. The van der Waals surface area contributed by atoms with E-state index in [0.29, 0.717) is 24.2 Å². The quantitative estimate of drug-likeness (QED) is 0.811. The van der Waals surface area contributed by atoms with Crippen LogP contribution in [0, 0.1) is 13.8 Å². The van der Waals surface area contributed by atoms with Crippen molar-refractivity contribution in [2.45, 2.75) is 32.7 Å². The molecule has 138 valence electrons. The Bertz CT molecular complexity index is 805. The maximum absolute atomic E-state index is 12.8. The van der Waals surface area contributed by atoms with Crippen LogP contribution in [0.25, 0.3) is 0 Å². The number of nitrogens with zero attached hydrogens (tertiary/aromatic N) is 1. The summed E-state index contributed by atoms with van der Waals surface area (Å²) in [6.07, 6.45) is 1.49. The Morgan fingerprint density at radius 3 is 2.54 bits per heavy atom. The average molecular weight is 374 g/mol. The molecule has 0 radical (unpaired) electrons. The van der Waals surface area contributed by atoms with Gasteiger partial charge in [-0.2, -0.15) is 0 Å². The molecule has 26 heavy (non-hydrogen) atoms. The minimum absolute atomic E-state index is 0. The summed E-state index contributed by atoms with van der Waals surface area (Å²) >= 11 is 0. The summed E-state index contributed by atoms with van der Waals surface area (Å²) in [7, 11) is 0. The molecule has 1 heterocycles. The first kappa shape index (κ1) is 19.8. The van der Waals surface area contributed by atoms with Gasteiger partial charge in [0.1, 0.15) is 6.04 Å². The molecule has 1 aliphatic rings. The average Bonchev–Trinajstić information content (AvgIpc) is 2.60. The van der Waals surface area contributed by atoms with E-state index in [-0.39, 0.29) is 24.2 Å². The molecule has 6 heteroatoms. The lowest BCUT2D eigenvalue weighted by Gasteiger charge is -2.32. The summed E-state index contributed by atoms with van der Waals surface area (Å²) in [5.41, 5.74) is 9.69. The van der Waals surface area contributed by atoms with Crippen LogP contribution in [0.1, 0.15) is 34.3 Å². The molecule has 2 aromatic carbocycles. The molecule has 5 nitrogen and oxygen atoms in total. The molecule has 1 saturated heterocycles. The van der Waals surface area contributed by atoms with E-state index in [1.54, 1.807) is 17.0 Å². The molecule has 3 N–H and O–H groups in total. The minimum Gasteiger partial charge on any atom is -0.399 e. The van der Waals surface area contributed by atoms with Crippen molar-refractivity contribution in [1.82, 2.24) is 5.32 Å². The molecule has 0 saturated carbocycles. The second-order valence-corrected chi connectivity index (χ2v) is 6.57. The van der Waals surface area contributed by atoms with Gasteiger partial charge in [0.2, 0.25) is 5.91 Å². The van der Waals surface area contributed by atoms with Gasteiger partial charge in [0.25, 0.3) is 5.91 Å². The van der Waals surface area contributed by atoms with Crippen molar-refractivity contribution in [3.63, 3.8) is 0 Å². The number of rotatable bonds is 3. The van der Waals surface area contributed by atoms with Crippen LogP contribution in [0.2, 0.25) is 0 Å². The lowest BCUT2D eigenvalue weighted by Crippen LogP contribution is -2.52. The van der Waals surface area contributed by atoms with E-state index in [2.05, 4.69) is 5.32 Å². The smallest absolute Gasteiger partial charge is 0.252 e. The van der Waals surface area contributed by atoms with Crippen LogP contribution >= 0.6 is 12.4 Å². The maximum atomic E-state index is 12.8. The van der Waals surface area contributed by atoms with Crippen molar-refractivity contribution in [3.8, 4) is 0 Å². The monoisotopic (exact) mass is 373 g/mol. The number of nitrogens with two attached hydrogens (primary N) is 1. The predicted octanol–water partition coefficient (Wildman–Crippen LogP) is 3.23. The van der Waals surface area contributed by atoms with Gasteiger partial charge in [-0.15, -0.1) is 12.4 Å². The third kappa shape index (κ3) is 4.17. The Morgan fingerprint density at radius 1 is 1.15 bits per heavy atom. The van der Waals surface area contributed by atoms with Gasteiger partial charge in [0.15, 0.2) is 0 Å². The van der Waals surface area contributed by atoms with Crippen molar-refractivity contribution in [2.24, 2.45) is 0 Å². The number of nitrogens with one attached hydrogen (secondary N) is 1. The highest BCUT2D eigenvalue weighted by Crippen LogP contribution is 2.22. The summed E-state index contributed by atoms with van der Waals surface area (Å²) in [6, 6.07) is 12.6. The minimum atomic E-state index is -0.511. The van der Waals surface area contributed by atoms with Crippen molar-refractivity contribution in [1.29, 1.82) is 0 Å². The Labute approximate surface area is 160 Å². The highest BCUT2D eigenvalue weighted by molar-refractivity contribution is 6.03. The number of hydrogen-bond donors (Lipinski definition) is 2. The molecule has 2 aromatic rings. The normalized spacial score (nSPS) is 16.8. The van der Waals surface area contributed by atoms with E-state index in [0.717, 1.165) is 23.2 Å². The van der Waals surface area contributed by atoms with E-state index in [1.807, 2.05) is 44.2 Å². The third-order valence-corrected chi connectivity index (χ3v) is 4.60. The Morgan fingerprint density at radius 2 is 1.85 bits per heavy atom. The van der Waals surface area contributed by atoms with Gasteiger partial charge in [0.05, 0.1) is 0 Å². The SMILES string of the molecule is Cc1ccc(N2CCCC(NC(=O)c3cc(N)ccc3C)C2=O)cc1.Cl. The van der Waals surface area contributed by atoms with Crippen LogP contribution in [-0.4, -0.2) is 24.4 Å². The molecule has 0 aromatic heterocycles. The van der Waals surface area contributed by atoms with Gasteiger partial charge in [-0.1, -0.05) is 23.8 Å². The van der Waals surface area contributed by atoms with Crippen molar-refractivity contribution < 1.29 is 9.59 Å². The number of halogens is 1. The summed E-state index contributed by atoms with van der Waals surface area (Å²) < 4.78 is 0. The molecule has 1 aliphatic heterocycles. The summed E-state index contributed by atoms with van der Waals surface area (Å²) in [4.78, 5) is 27.1. The summed E-state index contributed by atoms with van der Waals surface area (Å²) in [5, 5.41) is 2.88. The molecule has 0 spiro atoms. The van der Waals surface area contributed by atoms with Gasteiger partial charge in [-0.3, -0.25) is 9.59 Å².